The number of amides is 2. The summed E-state index contributed by atoms with van der Waals surface area (Å²) in [5.74, 6) is 0.151. The number of nitrogens with zero attached hydrogens (tertiary/aromatic N) is 1. The van der Waals surface area contributed by atoms with Gasteiger partial charge in [-0.15, -0.1) is 0 Å². The first-order valence-electron chi connectivity index (χ1n) is 7.85. The molecule has 0 aromatic heterocycles. The van der Waals surface area contributed by atoms with Crippen LogP contribution in [0.4, 0.5) is 4.79 Å². The minimum atomic E-state index is -0.369. The molecule has 1 aliphatic rings. The van der Waals surface area contributed by atoms with Crippen molar-refractivity contribution in [2.45, 2.75) is 39.2 Å². The van der Waals surface area contributed by atoms with Gasteiger partial charge < -0.3 is 15.0 Å². The number of piperidine rings is 1. The lowest BCUT2D eigenvalue weighted by molar-refractivity contribution is -0.131. The maximum Gasteiger partial charge on any atom is 0.407 e. The molecule has 1 heterocycles. The highest BCUT2D eigenvalue weighted by Crippen LogP contribution is 2.13. The molecule has 0 atom stereocenters. The lowest BCUT2D eigenvalue weighted by atomic mass is 10.0. The summed E-state index contributed by atoms with van der Waals surface area (Å²) in [4.78, 5) is 25.6. The van der Waals surface area contributed by atoms with Crippen molar-refractivity contribution in [2.24, 2.45) is 0 Å². The van der Waals surface area contributed by atoms with Gasteiger partial charge in [-0.25, -0.2) is 4.79 Å². The summed E-state index contributed by atoms with van der Waals surface area (Å²) in [6.07, 6.45) is 1.62. The van der Waals surface area contributed by atoms with Crippen LogP contribution < -0.4 is 5.32 Å². The van der Waals surface area contributed by atoms with Gasteiger partial charge in [-0.2, -0.15) is 0 Å². The molecule has 0 bridgehead atoms. The summed E-state index contributed by atoms with van der Waals surface area (Å²) in [5, 5.41) is 2.84. The number of nitrogens with one attached hydrogen (secondary N) is 1. The molecule has 1 aromatic rings. The minimum Gasteiger partial charge on any atom is -0.450 e. The van der Waals surface area contributed by atoms with Gasteiger partial charge >= 0.3 is 6.09 Å². The van der Waals surface area contributed by atoms with Gasteiger partial charge in [0.1, 0.15) is 0 Å². The van der Waals surface area contributed by atoms with E-state index < -0.39 is 0 Å². The average Bonchev–Trinajstić information content (AvgIpc) is 2.50. The molecule has 120 valence electrons. The topological polar surface area (TPSA) is 58.6 Å². The number of ether oxygens (including phenoxy) is 1. The van der Waals surface area contributed by atoms with Gasteiger partial charge in [0.25, 0.3) is 0 Å². The maximum absolute atomic E-state index is 12.3. The Hall–Kier alpha value is -2.04. The first kappa shape index (κ1) is 16.3. The van der Waals surface area contributed by atoms with E-state index in [2.05, 4.69) is 5.32 Å². The lowest BCUT2D eigenvalue weighted by Crippen LogP contribution is -2.47. The highest BCUT2D eigenvalue weighted by molar-refractivity contribution is 5.79. The number of alkyl carbamates (subject to hydrolysis) is 1. The van der Waals surface area contributed by atoms with E-state index in [1.54, 1.807) is 6.92 Å². The minimum absolute atomic E-state index is 0.0995. The Labute approximate surface area is 131 Å². The third-order valence-electron chi connectivity index (χ3n) is 3.92. The highest BCUT2D eigenvalue weighted by atomic mass is 16.5. The zero-order chi connectivity index (χ0) is 15.9. The summed E-state index contributed by atoms with van der Waals surface area (Å²) >= 11 is 0. The summed E-state index contributed by atoms with van der Waals surface area (Å²) in [6.45, 7) is 5.56. The third kappa shape index (κ3) is 4.76. The summed E-state index contributed by atoms with van der Waals surface area (Å²) in [6, 6.07) is 8.16. The fraction of sp³-hybridized carbons (Fsp3) is 0.529. The summed E-state index contributed by atoms with van der Waals surface area (Å²) in [5.41, 5.74) is 2.24. The predicted molar refractivity (Wildman–Crippen MR) is 84.6 cm³/mol. The van der Waals surface area contributed by atoms with E-state index in [9.17, 15) is 9.59 Å². The van der Waals surface area contributed by atoms with Crippen LogP contribution in [-0.4, -0.2) is 42.6 Å². The Morgan fingerprint density at radius 3 is 2.45 bits per heavy atom. The molecule has 2 amide bonds. The molecule has 1 fully saturated rings. The maximum atomic E-state index is 12.3. The van der Waals surface area contributed by atoms with Crippen molar-refractivity contribution in [2.75, 3.05) is 19.7 Å². The standard InChI is InChI=1S/C17H24N2O3/c1-3-22-17(21)18-15-8-10-19(11-9-15)16(20)12-14-6-4-13(2)5-7-14/h4-7,15H,3,8-12H2,1-2H3,(H,18,21). The Bertz CT molecular complexity index is 505. The Morgan fingerprint density at radius 1 is 1.23 bits per heavy atom. The third-order valence-corrected chi connectivity index (χ3v) is 3.92. The van der Waals surface area contributed by atoms with E-state index in [0.29, 0.717) is 26.1 Å². The van der Waals surface area contributed by atoms with Gasteiger partial charge in [-0.3, -0.25) is 4.79 Å². The van der Waals surface area contributed by atoms with Crippen molar-refractivity contribution in [1.82, 2.24) is 10.2 Å². The van der Waals surface area contributed by atoms with Crippen LogP contribution in [0.5, 0.6) is 0 Å². The second-order valence-corrected chi connectivity index (χ2v) is 5.68. The molecule has 5 heteroatoms. The Balaban J connectivity index is 1.77. The number of hydrogen-bond acceptors (Lipinski definition) is 3. The smallest absolute Gasteiger partial charge is 0.407 e. The molecule has 0 unspecified atom stereocenters. The van der Waals surface area contributed by atoms with Crippen molar-refractivity contribution in [3.8, 4) is 0 Å². The van der Waals surface area contributed by atoms with E-state index in [-0.39, 0.29) is 18.0 Å². The van der Waals surface area contributed by atoms with E-state index in [1.165, 1.54) is 5.56 Å². The van der Waals surface area contributed by atoms with E-state index in [1.807, 2.05) is 36.1 Å². The molecule has 1 saturated heterocycles. The van der Waals surface area contributed by atoms with Crippen LogP contribution in [0, 0.1) is 6.92 Å². The largest absolute Gasteiger partial charge is 0.450 e. The number of benzene rings is 1. The zero-order valence-corrected chi connectivity index (χ0v) is 13.3. The van der Waals surface area contributed by atoms with Crippen LogP contribution in [0.3, 0.4) is 0 Å². The van der Waals surface area contributed by atoms with Crippen molar-refractivity contribution in [3.05, 3.63) is 35.4 Å². The van der Waals surface area contributed by atoms with Crippen LogP contribution in [0.15, 0.2) is 24.3 Å². The molecule has 22 heavy (non-hydrogen) atoms. The number of rotatable bonds is 4. The Morgan fingerprint density at radius 2 is 1.86 bits per heavy atom. The van der Waals surface area contributed by atoms with Crippen molar-refractivity contribution >= 4 is 12.0 Å². The van der Waals surface area contributed by atoms with Gasteiger partial charge in [-0.05, 0) is 32.3 Å². The average molecular weight is 304 g/mol. The number of likely N-dealkylation sites (tertiary alicyclic amines) is 1. The predicted octanol–water partition coefficient (Wildman–Crippen LogP) is 2.27. The van der Waals surface area contributed by atoms with Crippen LogP contribution in [-0.2, 0) is 16.0 Å². The normalized spacial score (nSPS) is 15.5. The second-order valence-electron chi connectivity index (χ2n) is 5.68. The van der Waals surface area contributed by atoms with Gasteiger partial charge in [0.15, 0.2) is 0 Å². The second kappa shape index (κ2) is 7.82. The van der Waals surface area contributed by atoms with Gasteiger partial charge in [0.2, 0.25) is 5.91 Å². The van der Waals surface area contributed by atoms with Crippen molar-refractivity contribution < 1.29 is 14.3 Å². The fourth-order valence-electron chi connectivity index (χ4n) is 2.61. The number of carbonyl (C=O) groups is 2. The molecule has 1 aliphatic heterocycles. The quantitative estimate of drug-likeness (QED) is 0.928. The van der Waals surface area contributed by atoms with Crippen molar-refractivity contribution in [1.29, 1.82) is 0 Å². The molecule has 1 aromatic carbocycles. The number of aryl methyl sites for hydroxylation is 1. The molecular weight excluding hydrogens is 280 g/mol. The zero-order valence-electron chi connectivity index (χ0n) is 13.3. The molecular formula is C17H24N2O3. The molecule has 0 aliphatic carbocycles. The first-order valence-corrected chi connectivity index (χ1v) is 7.85. The fourth-order valence-corrected chi connectivity index (χ4v) is 2.61. The molecule has 2 rings (SSSR count). The number of carbonyl (C=O) groups excluding carboxylic acids is 2. The van der Waals surface area contributed by atoms with Crippen LogP contribution in [0.1, 0.15) is 30.9 Å². The summed E-state index contributed by atoms with van der Waals surface area (Å²) < 4.78 is 4.88. The molecule has 0 spiro atoms. The van der Waals surface area contributed by atoms with E-state index >= 15 is 0 Å². The van der Waals surface area contributed by atoms with Gasteiger partial charge in [-0.1, -0.05) is 29.8 Å². The van der Waals surface area contributed by atoms with Crippen LogP contribution in [0.25, 0.3) is 0 Å². The van der Waals surface area contributed by atoms with Crippen LogP contribution in [0.2, 0.25) is 0 Å². The van der Waals surface area contributed by atoms with Gasteiger partial charge in [0, 0.05) is 19.1 Å². The molecule has 5 nitrogen and oxygen atoms in total. The highest BCUT2D eigenvalue weighted by Gasteiger charge is 2.24. The lowest BCUT2D eigenvalue weighted by Gasteiger charge is -2.32. The molecule has 0 saturated carbocycles. The Kier molecular flexibility index (Phi) is 5.81. The van der Waals surface area contributed by atoms with Gasteiger partial charge in [0.05, 0.1) is 13.0 Å². The van der Waals surface area contributed by atoms with Crippen molar-refractivity contribution in [3.63, 3.8) is 0 Å². The molecule has 1 N–H and O–H groups in total. The SMILES string of the molecule is CCOC(=O)NC1CCN(C(=O)Cc2ccc(C)cc2)CC1. The summed E-state index contributed by atoms with van der Waals surface area (Å²) in [7, 11) is 0. The first-order chi connectivity index (χ1) is 10.6. The number of hydrogen-bond donors (Lipinski definition) is 1. The van der Waals surface area contributed by atoms with Crippen LogP contribution >= 0.6 is 0 Å². The van der Waals surface area contributed by atoms with E-state index in [0.717, 1.165) is 18.4 Å². The molecule has 0 radical (unpaired) electrons. The van der Waals surface area contributed by atoms with E-state index in [4.69, 9.17) is 4.74 Å². The monoisotopic (exact) mass is 304 g/mol.